The van der Waals surface area contributed by atoms with E-state index in [4.69, 9.17) is 5.73 Å². The quantitative estimate of drug-likeness (QED) is 0.943. The van der Waals surface area contributed by atoms with E-state index in [2.05, 4.69) is 17.5 Å². The first-order valence-corrected chi connectivity index (χ1v) is 7.98. The molecule has 0 atom stereocenters. The van der Waals surface area contributed by atoms with E-state index in [9.17, 15) is 4.79 Å². The fourth-order valence-electron chi connectivity index (χ4n) is 3.08. The number of likely N-dealkylation sites (N-methyl/N-ethyl adjacent to an activating group) is 1. The fourth-order valence-corrected chi connectivity index (χ4v) is 4.04. The molecular weight excluding hydrogens is 268 g/mol. The first-order chi connectivity index (χ1) is 9.60. The summed E-state index contributed by atoms with van der Waals surface area (Å²) in [6.07, 6.45) is 3.77. The molecule has 0 saturated heterocycles. The van der Waals surface area contributed by atoms with Gasteiger partial charge in [-0.1, -0.05) is 31.0 Å². The van der Waals surface area contributed by atoms with Gasteiger partial charge in [-0.2, -0.15) is 0 Å². The first-order valence-electron chi connectivity index (χ1n) is 7.10. The van der Waals surface area contributed by atoms with Crippen LogP contribution in [-0.2, 0) is 11.3 Å². The Bertz CT molecular complexity index is 628. The predicted molar refractivity (Wildman–Crippen MR) is 83.7 cm³/mol. The molecule has 1 fully saturated rings. The average molecular weight is 288 g/mol. The summed E-state index contributed by atoms with van der Waals surface area (Å²) >= 11 is 1.73. The largest absolute Gasteiger partial charge is 0.340 e. The van der Waals surface area contributed by atoms with Crippen molar-refractivity contribution in [2.45, 2.75) is 37.8 Å². The number of nitrogens with zero attached hydrogens (tertiary/aromatic N) is 1. The number of carbonyl (C=O) groups is 1. The van der Waals surface area contributed by atoms with Crippen LogP contribution in [0.2, 0.25) is 0 Å². The number of rotatable bonds is 3. The lowest BCUT2D eigenvalue weighted by Gasteiger charge is -2.28. The lowest BCUT2D eigenvalue weighted by Crippen LogP contribution is -2.52. The number of amides is 1. The van der Waals surface area contributed by atoms with Crippen LogP contribution in [0.1, 0.15) is 31.2 Å². The first kappa shape index (κ1) is 13.6. The second-order valence-corrected chi connectivity index (χ2v) is 6.69. The van der Waals surface area contributed by atoms with Crippen LogP contribution in [0.4, 0.5) is 0 Å². The van der Waals surface area contributed by atoms with Crippen LogP contribution in [0.5, 0.6) is 0 Å². The Morgan fingerprint density at radius 3 is 2.80 bits per heavy atom. The second kappa shape index (κ2) is 5.19. The number of fused-ring (bicyclic) bond motifs is 1. The predicted octanol–water partition coefficient (Wildman–Crippen LogP) is 3.13. The summed E-state index contributed by atoms with van der Waals surface area (Å²) in [5.41, 5.74) is 6.84. The highest BCUT2D eigenvalue weighted by Gasteiger charge is 2.38. The second-order valence-electron chi connectivity index (χ2n) is 5.78. The molecule has 0 unspecified atom stereocenters. The number of carbonyl (C=O) groups excluding carboxylic acids is 1. The lowest BCUT2D eigenvalue weighted by atomic mass is 9.97. The van der Waals surface area contributed by atoms with Crippen molar-refractivity contribution in [3.8, 4) is 0 Å². The van der Waals surface area contributed by atoms with E-state index in [-0.39, 0.29) is 5.91 Å². The summed E-state index contributed by atoms with van der Waals surface area (Å²) in [5.74, 6) is 0.0882. The van der Waals surface area contributed by atoms with Crippen LogP contribution in [0.3, 0.4) is 0 Å². The van der Waals surface area contributed by atoms with Crippen LogP contribution < -0.4 is 5.73 Å². The van der Waals surface area contributed by atoms with Crippen molar-refractivity contribution in [1.82, 2.24) is 4.90 Å². The summed E-state index contributed by atoms with van der Waals surface area (Å²) in [4.78, 5) is 14.3. The van der Waals surface area contributed by atoms with Crippen molar-refractivity contribution in [1.29, 1.82) is 0 Å². The highest BCUT2D eigenvalue weighted by molar-refractivity contribution is 7.17. The third-order valence-electron chi connectivity index (χ3n) is 4.24. The Morgan fingerprint density at radius 1 is 1.35 bits per heavy atom. The molecule has 0 aliphatic heterocycles. The van der Waals surface area contributed by atoms with E-state index in [1.165, 1.54) is 15.6 Å². The molecule has 0 spiro atoms. The van der Waals surface area contributed by atoms with E-state index in [0.717, 1.165) is 25.7 Å². The summed E-state index contributed by atoms with van der Waals surface area (Å²) in [6.45, 7) is 0.641. The normalized spacial score (nSPS) is 17.5. The van der Waals surface area contributed by atoms with Crippen molar-refractivity contribution in [3.05, 3.63) is 35.2 Å². The zero-order chi connectivity index (χ0) is 14.2. The van der Waals surface area contributed by atoms with Gasteiger partial charge in [0.05, 0.1) is 5.54 Å². The third kappa shape index (κ3) is 2.34. The molecule has 0 radical (unpaired) electrons. The van der Waals surface area contributed by atoms with Crippen LogP contribution >= 0.6 is 11.3 Å². The van der Waals surface area contributed by atoms with Crippen LogP contribution in [0.15, 0.2) is 29.6 Å². The molecule has 3 nitrogen and oxygen atoms in total. The molecule has 20 heavy (non-hydrogen) atoms. The monoisotopic (exact) mass is 288 g/mol. The number of benzene rings is 1. The molecule has 0 bridgehead atoms. The summed E-state index contributed by atoms with van der Waals surface area (Å²) in [5, 5.41) is 3.39. The van der Waals surface area contributed by atoms with E-state index in [0.29, 0.717) is 6.54 Å². The molecule has 1 amide bonds. The standard InChI is InChI=1S/C16H20N2OS/c1-18(15(19)16(17)8-4-5-9-16)10-12-11-20-14-7-3-2-6-13(12)14/h2-3,6-7,11H,4-5,8-10,17H2,1H3. The molecule has 1 aromatic heterocycles. The topological polar surface area (TPSA) is 46.3 Å². The Labute approximate surface area is 123 Å². The Balaban J connectivity index is 1.78. The molecular formula is C16H20N2OS. The molecule has 1 aliphatic rings. The van der Waals surface area contributed by atoms with Crippen LogP contribution in [-0.4, -0.2) is 23.4 Å². The molecule has 1 heterocycles. The van der Waals surface area contributed by atoms with Gasteiger partial charge in [-0.15, -0.1) is 11.3 Å². The minimum atomic E-state index is -0.624. The number of thiophene rings is 1. The third-order valence-corrected chi connectivity index (χ3v) is 5.25. The summed E-state index contributed by atoms with van der Waals surface area (Å²) in [7, 11) is 1.86. The van der Waals surface area contributed by atoms with Gasteiger partial charge in [0.25, 0.3) is 0 Å². The van der Waals surface area contributed by atoms with Gasteiger partial charge in [0.2, 0.25) is 5.91 Å². The zero-order valence-corrected chi connectivity index (χ0v) is 12.6. The van der Waals surface area contributed by atoms with Gasteiger partial charge in [-0.25, -0.2) is 0 Å². The van der Waals surface area contributed by atoms with Gasteiger partial charge in [0.15, 0.2) is 0 Å². The molecule has 4 heteroatoms. The molecule has 2 aromatic rings. The smallest absolute Gasteiger partial charge is 0.242 e. The van der Waals surface area contributed by atoms with Gasteiger partial charge in [-0.3, -0.25) is 4.79 Å². The maximum Gasteiger partial charge on any atom is 0.242 e. The fraction of sp³-hybridized carbons (Fsp3) is 0.438. The zero-order valence-electron chi connectivity index (χ0n) is 11.8. The maximum absolute atomic E-state index is 12.5. The Morgan fingerprint density at radius 2 is 2.05 bits per heavy atom. The summed E-state index contributed by atoms with van der Waals surface area (Å²) in [6, 6.07) is 8.33. The Kier molecular flexibility index (Phi) is 3.52. The highest BCUT2D eigenvalue weighted by atomic mass is 32.1. The van der Waals surface area contributed by atoms with Crippen molar-refractivity contribution in [2.75, 3.05) is 7.05 Å². The Hall–Kier alpha value is -1.39. The molecule has 1 aliphatic carbocycles. The maximum atomic E-state index is 12.5. The van der Waals surface area contributed by atoms with Gasteiger partial charge in [-0.05, 0) is 35.2 Å². The number of nitrogens with two attached hydrogens (primary N) is 1. The van der Waals surface area contributed by atoms with E-state index < -0.39 is 5.54 Å². The van der Waals surface area contributed by atoms with Crippen molar-refractivity contribution >= 4 is 27.3 Å². The van der Waals surface area contributed by atoms with Gasteiger partial charge in [0.1, 0.15) is 0 Å². The minimum Gasteiger partial charge on any atom is -0.340 e. The summed E-state index contributed by atoms with van der Waals surface area (Å²) < 4.78 is 1.27. The SMILES string of the molecule is CN(Cc1csc2ccccc12)C(=O)C1(N)CCCC1. The molecule has 106 valence electrons. The van der Waals surface area contributed by atoms with Crippen molar-refractivity contribution in [2.24, 2.45) is 5.73 Å². The van der Waals surface area contributed by atoms with Crippen LogP contribution in [0, 0.1) is 0 Å². The van der Waals surface area contributed by atoms with Gasteiger partial charge in [0, 0.05) is 18.3 Å². The number of hydrogen-bond acceptors (Lipinski definition) is 3. The highest BCUT2D eigenvalue weighted by Crippen LogP contribution is 2.30. The van der Waals surface area contributed by atoms with Crippen molar-refractivity contribution < 1.29 is 4.79 Å². The van der Waals surface area contributed by atoms with Crippen molar-refractivity contribution in [3.63, 3.8) is 0 Å². The molecule has 2 N–H and O–H groups in total. The van der Waals surface area contributed by atoms with Gasteiger partial charge < -0.3 is 10.6 Å². The molecule has 1 aromatic carbocycles. The average Bonchev–Trinajstić information content (AvgIpc) is 3.06. The number of hydrogen-bond donors (Lipinski definition) is 1. The molecule has 1 saturated carbocycles. The van der Waals surface area contributed by atoms with E-state index in [1.54, 1.807) is 16.2 Å². The van der Waals surface area contributed by atoms with E-state index >= 15 is 0 Å². The molecule has 3 rings (SSSR count). The van der Waals surface area contributed by atoms with Gasteiger partial charge >= 0.3 is 0 Å². The van der Waals surface area contributed by atoms with Crippen LogP contribution in [0.25, 0.3) is 10.1 Å². The minimum absolute atomic E-state index is 0.0882. The lowest BCUT2D eigenvalue weighted by molar-refractivity contribution is -0.136. The van der Waals surface area contributed by atoms with E-state index in [1.807, 2.05) is 19.2 Å².